The van der Waals surface area contributed by atoms with Crippen molar-refractivity contribution in [3.8, 4) is 45.0 Å². The predicted molar refractivity (Wildman–Crippen MR) is 162 cm³/mol. The van der Waals surface area contributed by atoms with E-state index < -0.39 is 0 Å². The van der Waals surface area contributed by atoms with E-state index in [0.29, 0.717) is 11.6 Å². The quantitative estimate of drug-likeness (QED) is 0.232. The minimum absolute atomic E-state index is 0.171. The highest BCUT2D eigenvalue weighted by atomic mass is 35.5. The summed E-state index contributed by atoms with van der Waals surface area (Å²) in [6.07, 6.45) is 0. The summed E-state index contributed by atoms with van der Waals surface area (Å²) in [5.74, 6) is 1.10. The van der Waals surface area contributed by atoms with Crippen LogP contribution in [0.3, 0.4) is 0 Å². The van der Waals surface area contributed by atoms with Gasteiger partial charge in [-0.3, -0.25) is 0 Å². The summed E-state index contributed by atoms with van der Waals surface area (Å²) in [7, 11) is 0. The van der Waals surface area contributed by atoms with E-state index in [1.807, 2.05) is 42.5 Å². The molecule has 0 radical (unpaired) electrons. The van der Waals surface area contributed by atoms with E-state index in [2.05, 4.69) is 101 Å². The molecular formula is C35H22ClN3. The van der Waals surface area contributed by atoms with Crippen LogP contribution in [0.1, 0.15) is 0 Å². The van der Waals surface area contributed by atoms with E-state index in [4.69, 9.17) is 16.6 Å². The summed E-state index contributed by atoms with van der Waals surface area (Å²) in [5.41, 5.74) is 6.33. The molecule has 1 heterocycles. The van der Waals surface area contributed by atoms with Gasteiger partial charge in [0.2, 0.25) is 5.28 Å². The molecule has 0 aliphatic carbocycles. The molecule has 3 nitrogen and oxygen atoms in total. The SMILES string of the molecule is Clc1nc(-c2ccc3cc(-c4ccc5ccccc5c4)ccc3c2)nc(-c2ccccc2-c2ccccc2)n1. The molecule has 0 unspecified atom stereocenters. The molecule has 0 atom stereocenters. The number of hydrogen-bond donors (Lipinski definition) is 0. The molecule has 7 aromatic rings. The molecule has 0 saturated carbocycles. The molecule has 0 spiro atoms. The summed E-state index contributed by atoms with van der Waals surface area (Å²) in [4.78, 5) is 13.8. The summed E-state index contributed by atoms with van der Waals surface area (Å²) in [5, 5.41) is 4.92. The van der Waals surface area contributed by atoms with Crippen LogP contribution < -0.4 is 0 Å². The predicted octanol–water partition coefficient (Wildman–Crippen LogP) is 9.50. The van der Waals surface area contributed by atoms with Gasteiger partial charge < -0.3 is 0 Å². The fourth-order valence-electron chi connectivity index (χ4n) is 5.08. The first kappa shape index (κ1) is 23.3. The Morgan fingerprint density at radius 3 is 1.62 bits per heavy atom. The number of aromatic nitrogens is 3. The van der Waals surface area contributed by atoms with Crippen molar-refractivity contribution in [2.75, 3.05) is 0 Å². The lowest BCUT2D eigenvalue weighted by Crippen LogP contribution is -1.98. The maximum Gasteiger partial charge on any atom is 0.226 e. The Bertz CT molecular complexity index is 1980. The molecule has 0 N–H and O–H groups in total. The normalized spacial score (nSPS) is 11.2. The number of hydrogen-bond acceptors (Lipinski definition) is 3. The van der Waals surface area contributed by atoms with E-state index in [-0.39, 0.29) is 5.28 Å². The van der Waals surface area contributed by atoms with Crippen molar-refractivity contribution in [1.29, 1.82) is 0 Å². The number of nitrogens with zero attached hydrogens (tertiary/aromatic N) is 3. The van der Waals surface area contributed by atoms with Crippen molar-refractivity contribution in [2.45, 2.75) is 0 Å². The van der Waals surface area contributed by atoms with Crippen molar-refractivity contribution in [3.63, 3.8) is 0 Å². The summed E-state index contributed by atoms with van der Waals surface area (Å²) in [6, 6.07) is 46.2. The third-order valence-electron chi connectivity index (χ3n) is 7.04. The zero-order valence-electron chi connectivity index (χ0n) is 20.9. The molecule has 0 amide bonds. The minimum Gasteiger partial charge on any atom is -0.208 e. The highest BCUT2D eigenvalue weighted by molar-refractivity contribution is 6.28. The first-order valence-corrected chi connectivity index (χ1v) is 13.2. The van der Waals surface area contributed by atoms with Crippen LogP contribution in [0.4, 0.5) is 0 Å². The van der Waals surface area contributed by atoms with Gasteiger partial charge in [-0.05, 0) is 73.6 Å². The molecule has 184 valence electrons. The molecule has 39 heavy (non-hydrogen) atoms. The van der Waals surface area contributed by atoms with Crippen molar-refractivity contribution >= 4 is 33.1 Å². The van der Waals surface area contributed by atoms with Crippen LogP contribution in [0.5, 0.6) is 0 Å². The van der Waals surface area contributed by atoms with Crippen LogP contribution in [0.15, 0.2) is 133 Å². The molecule has 0 bridgehead atoms. The lowest BCUT2D eigenvalue weighted by molar-refractivity contribution is 1.07. The Morgan fingerprint density at radius 1 is 0.359 bits per heavy atom. The molecular weight excluding hydrogens is 498 g/mol. The van der Waals surface area contributed by atoms with E-state index >= 15 is 0 Å². The van der Waals surface area contributed by atoms with Crippen LogP contribution in [-0.2, 0) is 0 Å². The smallest absolute Gasteiger partial charge is 0.208 e. The maximum atomic E-state index is 6.43. The van der Waals surface area contributed by atoms with E-state index in [1.165, 1.54) is 21.9 Å². The van der Waals surface area contributed by atoms with Gasteiger partial charge in [0.1, 0.15) is 0 Å². The van der Waals surface area contributed by atoms with Crippen LogP contribution in [0.25, 0.3) is 66.6 Å². The Hall–Kier alpha value is -4.86. The Labute approximate surface area is 231 Å². The molecule has 0 aliphatic heterocycles. The zero-order valence-corrected chi connectivity index (χ0v) is 21.7. The lowest BCUT2D eigenvalue weighted by atomic mass is 9.98. The highest BCUT2D eigenvalue weighted by Crippen LogP contribution is 2.33. The molecule has 0 saturated heterocycles. The number of benzene rings is 6. The van der Waals surface area contributed by atoms with Gasteiger partial charge in [0.15, 0.2) is 11.6 Å². The number of fused-ring (bicyclic) bond motifs is 2. The Morgan fingerprint density at radius 2 is 0.872 bits per heavy atom. The summed E-state index contributed by atoms with van der Waals surface area (Å²) >= 11 is 6.43. The highest BCUT2D eigenvalue weighted by Gasteiger charge is 2.14. The molecule has 1 aromatic heterocycles. The second-order valence-electron chi connectivity index (χ2n) is 9.50. The van der Waals surface area contributed by atoms with Crippen LogP contribution in [0.2, 0.25) is 5.28 Å². The van der Waals surface area contributed by atoms with Gasteiger partial charge >= 0.3 is 0 Å². The van der Waals surface area contributed by atoms with E-state index in [0.717, 1.165) is 33.0 Å². The van der Waals surface area contributed by atoms with E-state index in [9.17, 15) is 0 Å². The van der Waals surface area contributed by atoms with Crippen molar-refractivity contribution in [3.05, 3.63) is 139 Å². The lowest BCUT2D eigenvalue weighted by Gasteiger charge is -2.11. The van der Waals surface area contributed by atoms with Crippen LogP contribution in [0, 0.1) is 0 Å². The molecule has 0 fully saturated rings. The second kappa shape index (κ2) is 9.79. The van der Waals surface area contributed by atoms with Gasteiger partial charge in [-0.25, -0.2) is 4.98 Å². The van der Waals surface area contributed by atoms with Gasteiger partial charge in [0.05, 0.1) is 0 Å². The number of rotatable bonds is 4. The molecule has 0 aliphatic rings. The fourth-order valence-corrected chi connectivity index (χ4v) is 5.24. The Kier molecular flexibility index (Phi) is 5.84. The fraction of sp³-hybridized carbons (Fsp3) is 0. The Balaban J connectivity index is 1.27. The van der Waals surface area contributed by atoms with Gasteiger partial charge in [-0.2, -0.15) is 9.97 Å². The minimum atomic E-state index is 0.171. The summed E-state index contributed by atoms with van der Waals surface area (Å²) < 4.78 is 0. The van der Waals surface area contributed by atoms with Crippen LogP contribution >= 0.6 is 11.6 Å². The first-order valence-electron chi connectivity index (χ1n) is 12.8. The molecule has 6 aromatic carbocycles. The van der Waals surface area contributed by atoms with Gasteiger partial charge in [0.25, 0.3) is 0 Å². The van der Waals surface area contributed by atoms with Crippen molar-refractivity contribution in [2.24, 2.45) is 0 Å². The average molecular weight is 520 g/mol. The van der Waals surface area contributed by atoms with Gasteiger partial charge in [-0.1, -0.05) is 115 Å². The third kappa shape index (κ3) is 4.54. The first-order chi connectivity index (χ1) is 19.2. The van der Waals surface area contributed by atoms with Crippen LogP contribution in [-0.4, -0.2) is 15.0 Å². The second-order valence-corrected chi connectivity index (χ2v) is 9.84. The van der Waals surface area contributed by atoms with Gasteiger partial charge in [-0.15, -0.1) is 0 Å². The van der Waals surface area contributed by atoms with Crippen molar-refractivity contribution in [1.82, 2.24) is 15.0 Å². The van der Waals surface area contributed by atoms with E-state index in [1.54, 1.807) is 0 Å². The van der Waals surface area contributed by atoms with Crippen molar-refractivity contribution < 1.29 is 0 Å². The third-order valence-corrected chi connectivity index (χ3v) is 7.21. The largest absolute Gasteiger partial charge is 0.226 e. The summed E-state index contributed by atoms with van der Waals surface area (Å²) in [6.45, 7) is 0. The molecule has 4 heteroatoms. The standard InChI is InChI=1S/C35H22ClN3/c36-35-38-33(37-34(39-35)32-13-7-6-12-31(32)24-9-2-1-3-10-24)30-19-18-28-21-27(16-17-29(28)22-30)26-15-14-23-8-4-5-11-25(23)20-26/h1-22H. The topological polar surface area (TPSA) is 38.7 Å². The zero-order chi connectivity index (χ0) is 26.2. The maximum absolute atomic E-state index is 6.43. The number of halogens is 1. The average Bonchev–Trinajstić information content (AvgIpc) is 3.00. The van der Waals surface area contributed by atoms with Gasteiger partial charge in [0, 0.05) is 11.1 Å². The monoisotopic (exact) mass is 519 g/mol. The molecule has 7 rings (SSSR count).